The van der Waals surface area contributed by atoms with Gasteiger partial charge in [-0.05, 0) is 36.2 Å². The molecule has 1 aromatic carbocycles. The highest BCUT2D eigenvalue weighted by Crippen LogP contribution is 2.20. The summed E-state index contributed by atoms with van der Waals surface area (Å²) in [6.45, 7) is 3.32. The van der Waals surface area contributed by atoms with E-state index < -0.39 is 5.97 Å². The Hall–Kier alpha value is -2.95. The second-order valence-corrected chi connectivity index (χ2v) is 5.04. The summed E-state index contributed by atoms with van der Waals surface area (Å²) in [4.78, 5) is 27.3. The fourth-order valence-corrected chi connectivity index (χ4v) is 2.01. The third-order valence-electron chi connectivity index (χ3n) is 3.16. The molecule has 1 heterocycles. The number of amides is 1. The molecule has 0 saturated heterocycles. The normalized spacial score (nSPS) is 10.6. The van der Waals surface area contributed by atoms with Gasteiger partial charge in [0.2, 0.25) is 5.91 Å². The molecule has 23 heavy (non-hydrogen) atoms. The summed E-state index contributed by atoms with van der Waals surface area (Å²) >= 11 is 0. The number of nitrogens with one attached hydrogen (secondary N) is 1. The van der Waals surface area contributed by atoms with Crippen LogP contribution >= 0.6 is 0 Å². The third kappa shape index (κ3) is 4.51. The summed E-state index contributed by atoms with van der Waals surface area (Å²) in [6, 6.07) is 9.07. The first-order valence-corrected chi connectivity index (χ1v) is 7.10. The predicted octanol–water partition coefficient (Wildman–Crippen LogP) is 3.31. The zero-order valence-corrected chi connectivity index (χ0v) is 13.3. The van der Waals surface area contributed by atoms with Crippen LogP contribution in [0.1, 0.15) is 34.1 Å². The molecule has 0 saturated carbocycles. The maximum absolute atomic E-state index is 11.9. The molecule has 2 rings (SSSR count). The molecule has 0 fully saturated rings. The summed E-state index contributed by atoms with van der Waals surface area (Å²) in [5, 5.41) is 2.62. The van der Waals surface area contributed by atoms with Crippen LogP contribution in [0, 0.1) is 6.92 Å². The average molecular weight is 310 g/mol. The molecule has 118 valence electrons. The van der Waals surface area contributed by atoms with Crippen LogP contribution < -0.4 is 5.32 Å². The van der Waals surface area contributed by atoms with Crippen molar-refractivity contribution in [1.29, 1.82) is 0 Å². The summed E-state index contributed by atoms with van der Waals surface area (Å²) in [6.07, 6.45) is 5.55. The summed E-state index contributed by atoms with van der Waals surface area (Å²) in [5.41, 5.74) is 3.47. The molecular weight excluding hydrogens is 292 g/mol. The SMILES string of the molecule is COC(=O)c1cc(C=Cc2ccc(C)nc2)ccc1NC(C)=O. The minimum Gasteiger partial charge on any atom is -0.465 e. The summed E-state index contributed by atoms with van der Waals surface area (Å²) in [7, 11) is 1.31. The van der Waals surface area contributed by atoms with E-state index in [2.05, 4.69) is 10.3 Å². The number of pyridine rings is 1. The monoisotopic (exact) mass is 310 g/mol. The number of nitrogens with zero attached hydrogens (tertiary/aromatic N) is 1. The molecule has 0 spiro atoms. The number of aryl methyl sites for hydroxylation is 1. The number of carbonyl (C=O) groups is 2. The van der Waals surface area contributed by atoms with Crippen LogP contribution in [0.4, 0.5) is 5.69 Å². The molecule has 1 aromatic heterocycles. The first kappa shape index (κ1) is 16.4. The largest absolute Gasteiger partial charge is 0.465 e. The summed E-state index contributed by atoms with van der Waals surface area (Å²) < 4.78 is 4.77. The number of methoxy groups -OCH3 is 1. The Balaban J connectivity index is 2.30. The number of anilines is 1. The summed E-state index contributed by atoms with van der Waals surface area (Å²) in [5.74, 6) is -0.745. The third-order valence-corrected chi connectivity index (χ3v) is 3.16. The highest BCUT2D eigenvalue weighted by Gasteiger charge is 2.13. The number of hydrogen-bond donors (Lipinski definition) is 1. The Morgan fingerprint density at radius 3 is 2.43 bits per heavy atom. The van der Waals surface area contributed by atoms with Crippen molar-refractivity contribution in [3.8, 4) is 0 Å². The van der Waals surface area contributed by atoms with E-state index in [1.54, 1.807) is 18.3 Å². The lowest BCUT2D eigenvalue weighted by Crippen LogP contribution is -2.12. The number of carbonyl (C=O) groups excluding carboxylic acids is 2. The fraction of sp³-hybridized carbons (Fsp3) is 0.167. The zero-order valence-electron chi connectivity index (χ0n) is 13.3. The number of aromatic nitrogens is 1. The molecule has 0 bridgehead atoms. The van der Waals surface area contributed by atoms with Gasteiger partial charge in [-0.2, -0.15) is 0 Å². The lowest BCUT2D eigenvalue weighted by molar-refractivity contribution is -0.114. The van der Waals surface area contributed by atoms with Crippen LogP contribution in [-0.4, -0.2) is 24.0 Å². The van der Waals surface area contributed by atoms with Gasteiger partial charge in [-0.15, -0.1) is 0 Å². The molecule has 0 radical (unpaired) electrons. The van der Waals surface area contributed by atoms with E-state index in [0.29, 0.717) is 11.3 Å². The maximum atomic E-state index is 11.9. The Morgan fingerprint density at radius 1 is 1.13 bits per heavy atom. The topological polar surface area (TPSA) is 68.3 Å². The Labute approximate surface area is 135 Å². The number of esters is 1. The van der Waals surface area contributed by atoms with E-state index in [4.69, 9.17) is 4.74 Å². The Morgan fingerprint density at radius 2 is 1.83 bits per heavy atom. The minimum atomic E-state index is -0.499. The van der Waals surface area contributed by atoms with E-state index in [-0.39, 0.29) is 5.91 Å². The molecule has 0 aliphatic heterocycles. The highest BCUT2D eigenvalue weighted by atomic mass is 16.5. The molecule has 0 atom stereocenters. The minimum absolute atomic E-state index is 0.246. The van der Waals surface area contributed by atoms with Crippen molar-refractivity contribution in [1.82, 2.24) is 4.98 Å². The molecule has 1 amide bonds. The van der Waals surface area contributed by atoms with Crippen molar-refractivity contribution in [3.63, 3.8) is 0 Å². The van der Waals surface area contributed by atoms with Crippen LogP contribution in [0.15, 0.2) is 36.5 Å². The van der Waals surface area contributed by atoms with Gasteiger partial charge in [0.05, 0.1) is 18.4 Å². The van der Waals surface area contributed by atoms with Crippen LogP contribution in [-0.2, 0) is 9.53 Å². The molecule has 0 aliphatic carbocycles. The van der Waals surface area contributed by atoms with Gasteiger partial charge in [0.15, 0.2) is 0 Å². The van der Waals surface area contributed by atoms with Gasteiger partial charge in [-0.3, -0.25) is 9.78 Å². The standard InChI is InChI=1S/C18H18N2O3/c1-12-4-5-15(11-19-12)7-6-14-8-9-17(20-13(2)21)16(10-14)18(22)23-3/h4-11H,1-3H3,(H,20,21). The van der Waals surface area contributed by atoms with Crippen LogP contribution in [0.5, 0.6) is 0 Å². The molecule has 2 aromatic rings. The van der Waals surface area contributed by atoms with E-state index in [1.165, 1.54) is 14.0 Å². The highest BCUT2D eigenvalue weighted by molar-refractivity contribution is 6.01. The number of ether oxygens (including phenoxy) is 1. The first-order valence-electron chi connectivity index (χ1n) is 7.10. The van der Waals surface area contributed by atoms with Crippen molar-refractivity contribution in [2.45, 2.75) is 13.8 Å². The van der Waals surface area contributed by atoms with Crippen LogP contribution in [0.3, 0.4) is 0 Å². The molecule has 1 N–H and O–H groups in total. The van der Waals surface area contributed by atoms with Gasteiger partial charge in [-0.1, -0.05) is 24.3 Å². The fourth-order valence-electron chi connectivity index (χ4n) is 2.01. The van der Waals surface area contributed by atoms with Gasteiger partial charge in [0.25, 0.3) is 0 Å². The first-order chi connectivity index (χ1) is 11.0. The van der Waals surface area contributed by atoms with Gasteiger partial charge in [0, 0.05) is 18.8 Å². The number of benzene rings is 1. The van der Waals surface area contributed by atoms with Crippen molar-refractivity contribution in [2.24, 2.45) is 0 Å². The van der Waals surface area contributed by atoms with Crippen LogP contribution in [0.2, 0.25) is 0 Å². The van der Waals surface area contributed by atoms with E-state index in [0.717, 1.165) is 16.8 Å². The van der Waals surface area contributed by atoms with Crippen molar-refractivity contribution < 1.29 is 14.3 Å². The van der Waals surface area contributed by atoms with E-state index >= 15 is 0 Å². The molecule has 5 heteroatoms. The van der Waals surface area contributed by atoms with Crippen molar-refractivity contribution >= 4 is 29.7 Å². The molecule has 5 nitrogen and oxygen atoms in total. The van der Waals surface area contributed by atoms with E-state index in [1.807, 2.05) is 37.3 Å². The van der Waals surface area contributed by atoms with Crippen LogP contribution in [0.25, 0.3) is 12.2 Å². The lowest BCUT2D eigenvalue weighted by Gasteiger charge is -2.09. The second-order valence-electron chi connectivity index (χ2n) is 5.04. The van der Waals surface area contributed by atoms with Crippen molar-refractivity contribution in [3.05, 3.63) is 58.9 Å². The quantitative estimate of drug-likeness (QED) is 0.880. The smallest absolute Gasteiger partial charge is 0.339 e. The lowest BCUT2D eigenvalue weighted by atomic mass is 10.1. The van der Waals surface area contributed by atoms with Gasteiger partial charge >= 0.3 is 5.97 Å². The number of rotatable bonds is 4. The molecular formula is C18H18N2O3. The van der Waals surface area contributed by atoms with Gasteiger partial charge in [0.1, 0.15) is 0 Å². The second kappa shape index (κ2) is 7.35. The Bertz CT molecular complexity index is 749. The van der Waals surface area contributed by atoms with Gasteiger partial charge < -0.3 is 10.1 Å². The van der Waals surface area contributed by atoms with E-state index in [9.17, 15) is 9.59 Å². The van der Waals surface area contributed by atoms with Crippen molar-refractivity contribution in [2.75, 3.05) is 12.4 Å². The molecule has 0 aliphatic rings. The predicted molar refractivity (Wildman–Crippen MR) is 90.0 cm³/mol. The Kier molecular flexibility index (Phi) is 5.25. The number of hydrogen-bond acceptors (Lipinski definition) is 4. The van der Waals surface area contributed by atoms with Gasteiger partial charge in [-0.25, -0.2) is 4.79 Å². The molecule has 0 unspecified atom stereocenters. The zero-order chi connectivity index (χ0) is 16.8. The average Bonchev–Trinajstić information content (AvgIpc) is 2.54. The maximum Gasteiger partial charge on any atom is 0.339 e.